The lowest BCUT2D eigenvalue weighted by Gasteiger charge is -2.36. The van der Waals surface area contributed by atoms with Gasteiger partial charge in [0.1, 0.15) is 0 Å². The molecule has 0 saturated heterocycles. The SMILES string of the molecule is C=CC(=O)OCCCCCCCCCCCC1(C#N)CCCC(c2ccc(-c3ccc(C(C)CCC)cc3)cc2)C1. The van der Waals surface area contributed by atoms with Gasteiger partial charge in [-0.25, -0.2) is 4.79 Å². The minimum absolute atomic E-state index is 0.151. The summed E-state index contributed by atoms with van der Waals surface area (Å²) in [5.74, 6) is 0.789. The summed E-state index contributed by atoms with van der Waals surface area (Å²) in [7, 11) is 0. The van der Waals surface area contributed by atoms with E-state index in [9.17, 15) is 10.1 Å². The fraction of sp³-hybridized carbons (Fsp3) is 0.579. The van der Waals surface area contributed by atoms with E-state index in [1.165, 1.54) is 92.5 Å². The molecule has 0 bridgehead atoms. The molecule has 0 aliphatic heterocycles. The number of carbonyl (C=O) groups is 1. The molecular formula is C38H53NO2. The molecule has 3 atom stereocenters. The van der Waals surface area contributed by atoms with E-state index in [0.29, 0.717) is 18.4 Å². The Balaban J connectivity index is 1.37. The van der Waals surface area contributed by atoms with Gasteiger partial charge in [-0.05, 0) is 72.6 Å². The quantitative estimate of drug-likeness (QED) is 0.104. The van der Waals surface area contributed by atoms with Crippen LogP contribution in [0, 0.1) is 16.7 Å². The Morgan fingerprint density at radius 2 is 1.56 bits per heavy atom. The van der Waals surface area contributed by atoms with Gasteiger partial charge in [0.15, 0.2) is 0 Å². The number of nitrogens with zero attached hydrogens (tertiary/aromatic N) is 1. The predicted octanol–water partition coefficient (Wildman–Crippen LogP) is 11.1. The molecule has 0 radical (unpaired) electrons. The third-order valence-corrected chi connectivity index (χ3v) is 9.21. The number of hydrogen-bond donors (Lipinski definition) is 0. The second kappa shape index (κ2) is 17.8. The van der Waals surface area contributed by atoms with Crippen molar-refractivity contribution in [2.24, 2.45) is 5.41 Å². The van der Waals surface area contributed by atoms with Crippen molar-refractivity contribution in [2.75, 3.05) is 6.61 Å². The van der Waals surface area contributed by atoms with Crippen LogP contribution in [0.15, 0.2) is 61.2 Å². The molecule has 3 nitrogen and oxygen atoms in total. The van der Waals surface area contributed by atoms with Crippen LogP contribution < -0.4 is 0 Å². The average Bonchev–Trinajstić information content (AvgIpc) is 3.01. The number of rotatable bonds is 18. The van der Waals surface area contributed by atoms with Crippen LogP contribution in [0.4, 0.5) is 0 Å². The van der Waals surface area contributed by atoms with E-state index in [1.807, 2.05) is 0 Å². The van der Waals surface area contributed by atoms with Crippen LogP contribution in [-0.2, 0) is 9.53 Å². The number of unbranched alkanes of at least 4 members (excludes halogenated alkanes) is 8. The highest BCUT2D eigenvalue weighted by Crippen LogP contribution is 2.47. The van der Waals surface area contributed by atoms with Gasteiger partial charge < -0.3 is 4.74 Å². The van der Waals surface area contributed by atoms with Crippen molar-refractivity contribution in [1.82, 2.24) is 0 Å². The van der Waals surface area contributed by atoms with E-state index in [4.69, 9.17) is 4.74 Å². The van der Waals surface area contributed by atoms with Crippen LogP contribution in [0.25, 0.3) is 11.1 Å². The lowest BCUT2D eigenvalue weighted by molar-refractivity contribution is -0.137. The Hall–Kier alpha value is -2.86. The third-order valence-electron chi connectivity index (χ3n) is 9.21. The molecule has 0 spiro atoms. The molecule has 41 heavy (non-hydrogen) atoms. The maximum absolute atomic E-state index is 11.0. The van der Waals surface area contributed by atoms with E-state index in [0.717, 1.165) is 38.5 Å². The van der Waals surface area contributed by atoms with Gasteiger partial charge in [-0.2, -0.15) is 5.26 Å². The van der Waals surface area contributed by atoms with E-state index < -0.39 is 0 Å². The lowest BCUT2D eigenvalue weighted by atomic mass is 9.66. The zero-order valence-electron chi connectivity index (χ0n) is 25.8. The zero-order chi connectivity index (χ0) is 29.3. The van der Waals surface area contributed by atoms with Gasteiger partial charge in [0, 0.05) is 6.08 Å². The molecule has 0 amide bonds. The van der Waals surface area contributed by atoms with Gasteiger partial charge in [-0.3, -0.25) is 0 Å². The standard InChI is InChI=1S/C38H53NO2/c1-4-16-31(3)32-18-20-33(21-19-32)34-22-24-35(25-23-34)36-17-15-27-38(29-36,30-39)26-13-11-9-7-6-8-10-12-14-28-41-37(40)5-2/h5,18-25,31,36H,2,4,6-17,26-29H2,1,3H3. The minimum atomic E-state index is -0.324. The fourth-order valence-corrected chi connectivity index (χ4v) is 6.62. The van der Waals surface area contributed by atoms with Crippen molar-refractivity contribution in [1.29, 1.82) is 5.26 Å². The Labute approximate surface area is 250 Å². The van der Waals surface area contributed by atoms with Gasteiger partial charge in [-0.1, -0.05) is 133 Å². The number of hydrogen-bond acceptors (Lipinski definition) is 3. The molecule has 1 fully saturated rings. The van der Waals surface area contributed by atoms with E-state index in [-0.39, 0.29) is 11.4 Å². The summed E-state index contributed by atoms with van der Waals surface area (Å²) < 4.78 is 5.02. The number of nitriles is 1. The molecular weight excluding hydrogens is 502 g/mol. The minimum Gasteiger partial charge on any atom is -0.463 e. The number of carbonyl (C=O) groups excluding carboxylic acids is 1. The highest BCUT2D eigenvalue weighted by Gasteiger charge is 2.36. The van der Waals surface area contributed by atoms with E-state index in [1.54, 1.807) is 0 Å². The molecule has 1 aliphatic carbocycles. The molecule has 1 saturated carbocycles. The Kier molecular flexibility index (Phi) is 14.2. The van der Waals surface area contributed by atoms with Crippen LogP contribution in [0.2, 0.25) is 0 Å². The maximum atomic E-state index is 11.0. The summed E-state index contributed by atoms with van der Waals surface area (Å²) in [4.78, 5) is 11.0. The van der Waals surface area contributed by atoms with Crippen LogP contribution in [-0.4, -0.2) is 12.6 Å². The van der Waals surface area contributed by atoms with Crippen molar-refractivity contribution in [2.45, 2.75) is 128 Å². The molecule has 3 rings (SSSR count). The van der Waals surface area contributed by atoms with Crippen molar-refractivity contribution >= 4 is 5.97 Å². The first-order valence-corrected chi connectivity index (χ1v) is 16.4. The number of esters is 1. The second-order valence-electron chi connectivity index (χ2n) is 12.4. The largest absolute Gasteiger partial charge is 0.463 e. The van der Waals surface area contributed by atoms with Gasteiger partial charge in [0.25, 0.3) is 0 Å². The molecule has 3 unspecified atom stereocenters. The smallest absolute Gasteiger partial charge is 0.330 e. The fourth-order valence-electron chi connectivity index (χ4n) is 6.62. The van der Waals surface area contributed by atoms with Crippen molar-refractivity contribution < 1.29 is 9.53 Å². The summed E-state index contributed by atoms with van der Waals surface area (Å²) in [6.45, 7) is 8.49. The molecule has 2 aromatic rings. The van der Waals surface area contributed by atoms with Crippen LogP contribution in [0.3, 0.4) is 0 Å². The topological polar surface area (TPSA) is 50.1 Å². The summed E-state index contributed by atoms with van der Waals surface area (Å²) in [6.07, 6.45) is 19.9. The lowest BCUT2D eigenvalue weighted by Crippen LogP contribution is -2.26. The first kappa shape index (κ1) is 32.7. The van der Waals surface area contributed by atoms with Crippen LogP contribution in [0.5, 0.6) is 0 Å². The van der Waals surface area contributed by atoms with Gasteiger partial charge in [-0.15, -0.1) is 0 Å². The van der Waals surface area contributed by atoms with Crippen molar-refractivity contribution in [3.63, 3.8) is 0 Å². The highest BCUT2D eigenvalue weighted by molar-refractivity contribution is 5.81. The zero-order valence-corrected chi connectivity index (χ0v) is 25.8. The van der Waals surface area contributed by atoms with Crippen LogP contribution >= 0.6 is 0 Å². The summed E-state index contributed by atoms with van der Waals surface area (Å²) in [5.41, 5.74) is 5.24. The van der Waals surface area contributed by atoms with Crippen molar-refractivity contribution in [3.8, 4) is 17.2 Å². The Bertz CT molecular complexity index is 1080. The maximum Gasteiger partial charge on any atom is 0.330 e. The molecule has 2 aromatic carbocycles. The van der Waals surface area contributed by atoms with Crippen molar-refractivity contribution in [3.05, 3.63) is 72.3 Å². The number of benzene rings is 2. The molecule has 0 heterocycles. The Morgan fingerprint density at radius 3 is 2.15 bits per heavy atom. The van der Waals surface area contributed by atoms with Gasteiger partial charge >= 0.3 is 5.97 Å². The average molecular weight is 556 g/mol. The first-order valence-electron chi connectivity index (χ1n) is 16.4. The molecule has 0 aromatic heterocycles. The summed E-state index contributed by atoms with van der Waals surface area (Å²) >= 11 is 0. The summed E-state index contributed by atoms with van der Waals surface area (Å²) in [5, 5.41) is 10.2. The number of ether oxygens (including phenoxy) is 1. The normalized spacial score (nSPS) is 19.3. The Morgan fingerprint density at radius 1 is 0.976 bits per heavy atom. The molecule has 1 aliphatic rings. The van der Waals surface area contributed by atoms with E-state index >= 15 is 0 Å². The molecule has 3 heteroatoms. The predicted molar refractivity (Wildman–Crippen MR) is 172 cm³/mol. The van der Waals surface area contributed by atoms with Gasteiger partial charge in [0.2, 0.25) is 0 Å². The first-order chi connectivity index (χ1) is 20.0. The highest BCUT2D eigenvalue weighted by atomic mass is 16.5. The second-order valence-corrected chi connectivity index (χ2v) is 12.4. The summed E-state index contributed by atoms with van der Waals surface area (Å²) in [6, 6.07) is 21.1. The van der Waals surface area contributed by atoms with Crippen LogP contribution in [0.1, 0.15) is 140 Å². The van der Waals surface area contributed by atoms with Gasteiger partial charge in [0.05, 0.1) is 18.1 Å². The monoisotopic (exact) mass is 555 g/mol. The third kappa shape index (κ3) is 10.8. The molecule has 222 valence electrons. The van der Waals surface area contributed by atoms with E-state index in [2.05, 4.69) is 75.0 Å². The molecule has 0 N–H and O–H groups in total.